The Morgan fingerprint density at radius 2 is 1.47 bits per heavy atom. The lowest BCUT2D eigenvalue weighted by molar-refractivity contribution is -0.245. The number of piperidine rings is 1. The van der Waals surface area contributed by atoms with Gasteiger partial charge in [0.05, 0.1) is 0 Å². The Kier molecular flexibility index (Phi) is 3.04. The van der Waals surface area contributed by atoms with Crippen molar-refractivity contribution in [2.45, 2.75) is 57.5 Å². The van der Waals surface area contributed by atoms with Crippen LogP contribution in [-0.4, -0.2) is 21.3 Å². The first-order valence-electron chi connectivity index (χ1n) is 6.37. The lowest BCUT2D eigenvalue weighted by Crippen LogP contribution is -2.58. The first kappa shape index (κ1) is 12.6. The molecule has 0 atom stereocenters. The Morgan fingerprint density at radius 1 is 1.00 bits per heavy atom. The second-order valence-corrected chi connectivity index (χ2v) is 6.45. The number of hydrogen-bond acceptors (Lipinski definition) is 2. The molecule has 2 nitrogen and oxygen atoms in total. The highest BCUT2D eigenvalue weighted by molar-refractivity contribution is 5.22. The van der Waals surface area contributed by atoms with Gasteiger partial charge >= 0.3 is 0 Å². The van der Waals surface area contributed by atoms with E-state index in [1.54, 1.807) is 5.06 Å². The van der Waals surface area contributed by atoms with Crippen molar-refractivity contribution in [3.8, 4) is 0 Å². The molecule has 0 aliphatic carbocycles. The third kappa shape index (κ3) is 2.38. The summed E-state index contributed by atoms with van der Waals surface area (Å²) in [6, 6.07) is 10.6. The van der Waals surface area contributed by atoms with Crippen LogP contribution in [0.4, 0.5) is 0 Å². The topological polar surface area (TPSA) is 23.5 Å². The van der Waals surface area contributed by atoms with E-state index >= 15 is 0 Å². The van der Waals surface area contributed by atoms with Gasteiger partial charge in [0.15, 0.2) is 0 Å². The van der Waals surface area contributed by atoms with Crippen molar-refractivity contribution in [1.29, 1.82) is 0 Å². The van der Waals surface area contributed by atoms with E-state index in [2.05, 4.69) is 58.0 Å². The number of hydrogen-bond donors (Lipinski definition) is 1. The second-order valence-electron chi connectivity index (χ2n) is 6.45. The Hall–Kier alpha value is -0.860. The zero-order chi connectivity index (χ0) is 12.7. The SMILES string of the molecule is CC1(C)CC(c2ccccc2)CC(C)(C)N1O. The molecule has 1 N–H and O–H groups in total. The fraction of sp³-hybridized carbons (Fsp3) is 0.600. The summed E-state index contributed by atoms with van der Waals surface area (Å²) in [5.74, 6) is 0.532. The first-order chi connectivity index (χ1) is 7.83. The van der Waals surface area contributed by atoms with Crippen molar-refractivity contribution >= 4 is 0 Å². The second kappa shape index (κ2) is 4.11. The monoisotopic (exact) mass is 233 g/mol. The maximum absolute atomic E-state index is 10.3. The van der Waals surface area contributed by atoms with Crippen LogP contribution in [0.1, 0.15) is 52.0 Å². The third-order valence-electron chi connectivity index (χ3n) is 3.91. The van der Waals surface area contributed by atoms with Gasteiger partial charge in [-0.2, -0.15) is 5.06 Å². The quantitative estimate of drug-likeness (QED) is 0.797. The molecule has 2 heteroatoms. The average Bonchev–Trinajstić information content (AvgIpc) is 2.26. The highest BCUT2D eigenvalue weighted by atomic mass is 16.5. The van der Waals surface area contributed by atoms with Crippen molar-refractivity contribution in [2.75, 3.05) is 0 Å². The molecule has 1 aromatic rings. The molecule has 0 spiro atoms. The Bertz CT molecular complexity index is 365. The number of benzene rings is 1. The summed E-state index contributed by atoms with van der Waals surface area (Å²) in [7, 11) is 0. The molecule has 1 heterocycles. The summed E-state index contributed by atoms with van der Waals surface area (Å²) in [4.78, 5) is 0. The summed E-state index contributed by atoms with van der Waals surface area (Å²) in [5, 5.41) is 11.8. The first-order valence-corrected chi connectivity index (χ1v) is 6.37. The molecule has 0 amide bonds. The Morgan fingerprint density at radius 3 is 1.94 bits per heavy atom. The summed E-state index contributed by atoms with van der Waals surface area (Å²) in [6.07, 6.45) is 1.99. The van der Waals surface area contributed by atoms with Crippen LogP contribution in [0.2, 0.25) is 0 Å². The van der Waals surface area contributed by atoms with E-state index in [0.29, 0.717) is 5.92 Å². The molecule has 17 heavy (non-hydrogen) atoms. The molecule has 94 valence electrons. The average molecular weight is 233 g/mol. The largest absolute Gasteiger partial charge is 0.313 e. The van der Waals surface area contributed by atoms with Crippen molar-refractivity contribution in [3.63, 3.8) is 0 Å². The molecule has 1 aliphatic rings. The van der Waals surface area contributed by atoms with Crippen LogP contribution in [0.25, 0.3) is 0 Å². The molecule has 1 aliphatic heterocycles. The van der Waals surface area contributed by atoms with Crippen LogP contribution in [0.5, 0.6) is 0 Å². The van der Waals surface area contributed by atoms with E-state index in [-0.39, 0.29) is 11.1 Å². The van der Waals surface area contributed by atoms with Gasteiger partial charge in [-0.1, -0.05) is 30.3 Å². The standard InChI is InChI=1S/C15H23NO/c1-14(2)10-13(11-15(3,4)16(14)17)12-8-6-5-7-9-12/h5-9,13,17H,10-11H2,1-4H3. The van der Waals surface area contributed by atoms with Crippen LogP contribution in [0.3, 0.4) is 0 Å². The van der Waals surface area contributed by atoms with Crippen LogP contribution in [-0.2, 0) is 0 Å². The summed E-state index contributed by atoms with van der Waals surface area (Å²) in [6.45, 7) is 8.46. The van der Waals surface area contributed by atoms with Crippen LogP contribution >= 0.6 is 0 Å². The minimum absolute atomic E-state index is 0.164. The summed E-state index contributed by atoms with van der Waals surface area (Å²) >= 11 is 0. The van der Waals surface area contributed by atoms with Crippen molar-refractivity contribution in [1.82, 2.24) is 5.06 Å². The predicted molar refractivity (Wildman–Crippen MR) is 70.2 cm³/mol. The van der Waals surface area contributed by atoms with Gasteiger partial charge in [-0.3, -0.25) is 0 Å². The van der Waals surface area contributed by atoms with E-state index < -0.39 is 0 Å². The van der Waals surface area contributed by atoms with Gasteiger partial charge in [0.25, 0.3) is 0 Å². The molecule has 0 unspecified atom stereocenters. The fourth-order valence-electron chi connectivity index (χ4n) is 3.23. The van der Waals surface area contributed by atoms with E-state index in [9.17, 15) is 5.21 Å². The smallest absolute Gasteiger partial charge is 0.0416 e. The predicted octanol–water partition coefficient (Wildman–Crippen LogP) is 3.81. The maximum atomic E-state index is 10.3. The Balaban J connectivity index is 2.28. The van der Waals surface area contributed by atoms with Gasteiger partial charge in [0.2, 0.25) is 0 Å². The normalized spacial score (nSPS) is 24.8. The van der Waals surface area contributed by atoms with E-state index in [1.807, 2.05) is 0 Å². The van der Waals surface area contributed by atoms with Gasteiger partial charge in [-0.25, -0.2) is 0 Å². The molecule has 0 aromatic heterocycles. The highest BCUT2D eigenvalue weighted by Crippen LogP contribution is 2.44. The maximum Gasteiger partial charge on any atom is 0.0416 e. The van der Waals surface area contributed by atoms with Gasteiger partial charge in [0.1, 0.15) is 0 Å². The van der Waals surface area contributed by atoms with E-state index in [1.165, 1.54) is 5.56 Å². The van der Waals surface area contributed by atoms with Gasteiger partial charge in [-0.05, 0) is 52.0 Å². The zero-order valence-corrected chi connectivity index (χ0v) is 11.3. The van der Waals surface area contributed by atoms with E-state index in [0.717, 1.165) is 12.8 Å². The number of rotatable bonds is 1. The van der Waals surface area contributed by atoms with Gasteiger partial charge in [-0.15, -0.1) is 0 Å². The molecule has 1 fully saturated rings. The molecular formula is C15H23NO. The summed E-state index contributed by atoms with van der Waals surface area (Å²) < 4.78 is 0. The van der Waals surface area contributed by atoms with Crippen LogP contribution < -0.4 is 0 Å². The zero-order valence-electron chi connectivity index (χ0n) is 11.3. The summed E-state index contributed by atoms with van der Waals surface area (Å²) in [5.41, 5.74) is 1.06. The van der Waals surface area contributed by atoms with Crippen LogP contribution in [0, 0.1) is 0 Å². The van der Waals surface area contributed by atoms with Crippen molar-refractivity contribution in [3.05, 3.63) is 35.9 Å². The lowest BCUT2D eigenvalue weighted by atomic mass is 9.73. The lowest BCUT2D eigenvalue weighted by Gasteiger charge is -2.51. The Labute approximate surface area is 104 Å². The number of nitrogens with zero attached hydrogens (tertiary/aromatic N) is 1. The number of hydroxylamine groups is 2. The molecular weight excluding hydrogens is 210 g/mol. The highest BCUT2D eigenvalue weighted by Gasteiger charge is 2.45. The van der Waals surface area contributed by atoms with Gasteiger partial charge in [0, 0.05) is 11.1 Å². The molecule has 2 rings (SSSR count). The van der Waals surface area contributed by atoms with E-state index in [4.69, 9.17) is 0 Å². The molecule has 1 aromatic carbocycles. The third-order valence-corrected chi connectivity index (χ3v) is 3.91. The minimum Gasteiger partial charge on any atom is -0.313 e. The van der Waals surface area contributed by atoms with Gasteiger partial charge < -0.3 is 5.21 Å². The molecule has 0 saturated carbocycles. The van der Waals surface area contributed by atoms with Crippen LogP contribution in [0.15, 0.2) is 30.3 Å². The van der Waals surface area contributed by atoms with Crippen molar-refractivity contribution < 1.29 is 5.21 Å². The van der Waals surface area contributed by atoms with Crippen molar-refractivity contribution in [2.24, 2.45) is 0 Å². The molecule has 0 radical (unpaired) electrons. The molecule has 1 saturated heterocycles. The molecule has 0 bridgehead atoms. The fourth-order valence-corrected chi connectivity index (χ4v) is 3.23. The minimum atomic E-state index is -0.164.